The maximum absolute atomic E-state index is 5.25. The molecule has 0 radical (unpaired) electrons. The predicted octanol–water partition coefficient (Wildman–Crippen LogP) is 6.26. The topological polar surface area (TPSA) is 9.23 Å². The summed E-state index contributed by atoms with van der Waals surface area (Å²) in [5.41, 5.74) is 1.47. The molecule has 0 heterocycles. The minimum Gasteiger partial charge on any atom is -0.497 e. The van der Waals surface area contributed by atoms with E-state index in [4.69, 9.17) is 4.74 Å². The van der Waals surface area contributed by atoms with Crippen LogP contribution in [-0.4, -0.2) is 7.11 Å². The van der Waals surface area contributed by atoms with Gasteiger partial charge in [-0.25, -0.2) is 0 Å². The van der Waals surface area contributed by atoms with Crippen LogP contribution in [0.3, 0.4) is 0 Å². The Morgan fingerprint density at radius 2 is 1.48 bits per heavy atom. The smallest absolute Gasteiger partial charge is 0.118 e. The maximum Gasteiger partial charge on any atom is 0.118 e. The molecule has 4 unspecified atom stereocenters. The van der Waals surface area contributed by atoms with Crippen molar-refractivity contribution in [3.63, 3.8) is 0 Å². The molecule has 2 aliphatic rings. The van der Waals surface area contributed by atoms with E-state index in [0.29, 0.717) is 0 Å². The van der Waals surface area contributed by atoms with E-state index in [2.05, 4.69) is 31.2 Å². The standard InChI is InChI=1S/C22H34O/c1-3-4-18-7-11-21-16-19(8-12-20(21)15-18)6-5-17-9-13-22(23-2)14-10-17/h9-10,13-14,18-21H,3-8,11-12,15-16H2,1-2H3. The van der Waals surface area contributed by atoms with Crippen molar-refractivity contribution in [2.45, 2.75) is 71.1 Å². The molecule has 0 N–H and O–H groups in total. The lowest BCUT2D eigenvalue weighted by atomic mass is 9.63. The van der Waals surface area contributed by atoms with Crippen LogP contribution in [0.25, 0.3) is 0 Å². The van der Waals surface area contributed by atoms with E-state index >= 15 is 0 Å². The molecular formula is C22H34O. The van der Waals surface area contributed by atoms with Gasteiger partial charge in [0.2, 0.25) is 0 Å². The van der Waals surface area contributed by atoms with Crippen molar-refractivity contribution in [1.29, 1.82) is 0 Å². The fourth-order valence-corrected chi connectivity index (χ4v) is 5.18. The molecule has 4 atom stereocenters. The number of fused-ring (bicyclic) bond motifs is 1. The molecule has 2 saturated carbocycles. The highest BCUT2D eigenvalue weighted by atomic mass is 16.5. The first kappa shape index (κ1) is 16.9. The van der Waals surface area contributed by atoms with E-state index in [0.717, 1.165) is 29.4 Å². The SMILES string of the molecule is CCCC1CCC2CC(CCc3ccc(OC)cc3)CCC2C1. The molecule has 2 fully saturated rings. The number of hydrogen-bond donors (Lipinski definition) is 0. The molecule has 0 amide bonds. The van der Waals surface area contributed by atoms with E-state index in [1.807, 2.05) is 0 Å². The number of hydrogen-bond acceptors (Lipinski definition) is 1. The van der Waals surface area contributed by atoms with Gasteiger partial charge in [0.15, 0.2) is 0 Å². The van der Waals surface area contributed by atoms with E-state index in [1.165, 1.54) is 63.4 Å². The average Bonchev–Trinajstić information content (AvgIpc) is 2.60. The molecule has 0 saturated heterocycles. The second-order valence-electron chi connectivity index (χ2n) is 8.05. The molecule has 2 aliphatic carbocycles. The number of ether oxygens (including phenoxy) is 1. The zero-order chi connectivity index (χ0) is 16.1. The van der Waals surface area contributed by atoms with Gasteiger partial charge in [0.05, 0.1) is 7.11 Å². The van der Waals surface area contributed by atoms with Crippen LogP contribution in [0.2, 0.25) is 0 Å². The molecule has 3 rings (SSSR count). The van der Waals surface area contributed by atoms with Gasteiger partial charge in [-0.2, -0.15) is 0 Å². The third-order valence-corrected chi connectivity index (χ3v) is 6.53. The summed E-state index contributed by atoms with van der Waals surface area (Å²) in [5.74, 6) is 5.12. The second kappa shape index (κ2) is 8.22. The summed E-state index contributed by atoms with van der Waals surface area (Å²) in [6.07, 6.45) is 14.6. The molecule has 0 aliphatic heterocycles. The Morgan fingerprint density at radius 1 is 0.870 bits per heavy atom. The first-order chi connectivity index (χ1) is 11.3. The molecule has 1 heteroatoms. The van der Waals surface area contributed by atoms with Gasteiger partial charge in [-0.1, -0.05) is 44.7 Å². The predicted molar refractivity (Wildman–Crippen MR) is 97.9 cm³/mol. The first-order valence-corrected chi connectivity index (χ1v) is 9.91. The van der Waals surface area contributed by atoms with Crippen molar-refractivity contribution in [2.75, 3.05) is 7.11 Å². The second-order valence-corrected chi connectivity index (χ2v) is 8.05. The highest BCUT2D eigenvalue weighted by molar-refractivity contribution is 5.27. The molecule has 128 valence electrons. The monoisotopic (exact) mass is 314 g/mol. The fraction of sp³-hybridized carbons (Fsp3) is 0.727. The van der Waals surface area contributed by atoms with E-state index < -0.39 is 0 Å². The highest BCUT2D eigenvalue weighted by Gasteiger charge is 2.34. The van der Waals surface area contributed by atoms with Crippen molar-refractivity contribution in [2.24, 2.45) is 23.7 Å². The van der Waals surface area contributed by atoms with E-state index in [9.17, 15) is 0 Å². The summed E-state index contributed by atoms with van der Waals surface area (Å²) >= 11 is 0. The largest absolute Gasteiger partial charge is 0.497 e. The van der Waals surface area contributed by atoms with Crippen molar-refractivity contribution in [3.05, 3.63) is 29.8 Å². The van der Waals surface area contributed by atoms with Gasteiger partial charge in [-0.15, -0.1) is 0 Å². The summed E-state index contributed by atoms with van der Waals surface area (Å²) < 4.78 is 5.25. The van der Waals surface area contributed by atoms with Crippen LogP contribution < -0.4 is 4.74 Å². The fourth-order valence-electron chi connectivity index (χ4n) is 5.18. The van der Waals surface area contributed by atoms with Crippen LogP contribution in [0.15, 0.2) is 24.3 Å². The van der Waals surface area contributed by atoms with Gasteiger partial charge in [-0.3, -0.25) is 0 Å². The maximum atomic E-state index is 5.25. The van der Waals surface area contributed by atoms with Gasteiger partial charge in [0.25, 0.3) is 0 Å². The normalized spacial score (nSPS) is 30.7. The molecular weight excluding hydrogens is 280 g/mol. The molecule has 1 aromatic rings. The van der Waals surface area contributed by atoms with E-state index in [1.54, 1.807) is 13.5 Å². The quantitative estimate of drug-likeness (QED) is 0.602. The molecule has 0 bridgehead atoms. The Labute approximate surface area is 142 Å². The van der Waals surface area contributed by atoms with Crippen LogP contribution in [-0.2, 0) is 6.42 Å². The summed E-state index contributed by atoms with van der Waals surface area (Å²) in [4.78, 5) is 0. The van der Waals surface area contributed by atoms with Crippen molar-refractivity contribution < 1.29 is 4.74 Å². The van der Waals surface area contributed by atoms with Crippen molar-refractivity contribution in [1.82, 2.24) is 0 Å². The van der Waals surface area contributed by atoms with Gasteiger partial charge in [0, 0.05) is 0 Å². The Hall–Kier alpha value is -0.980. The lowest BCUT2D eigenvalue weighted by Crippen LogP contribution is -2.31. The minimum absolute atomic E-state index is 0.970. The van der Waals surface area contributed by atoms with Gasteiger partial charge in [0.1, 0.15) is 5.75 Å². The van der Waals surface area contributed by atoms with Crippen LogP contribution >= 0.6 is 0 Å². The summed E-state index contributed by atoms with van der Waals surface area (Å²) in [6, 6.07) is 8.67. The molecule has 0 aromatic heterocycles. The zero-order valence-electron chi connectivity index (χ0n) is 15.1. The highest BCUT2D eigenvalue weighted by Crippen LogP contribution is 2.46. The molecule has 23 heavy (non-hydrogen) atoms. The Balaban J connectivity index is 1.44. The molecule has 0 spiro atoms. The van der Waals surface area contributed by atoms with Crippen molar-refractivity contribution in [3.8, 4) is 5.75 Å². The summed E-state index contributed by atoms with van der Waals surface area (Å²) in [6.45, 7) is 2.35. The molecule has 1 nitrogen and oxygen atoms in total. The average molecular weight is 315 g/mol. The zero-order valence-corrected chi connectivity index (χ0v) is 15.1. The van der Waals surface area contributed by atoms with Crippen LogP contribution in [0.4, 0.5) is 0 Å². The van der Waals surface area contributed by atoms with Gasteiger partial charge < -0.3 is 4.74 Å². The van der Waals surface area contributed by atoms with Gasteiger partial charge >= 0.3 is 0 Å². The lowest BCUT2D eigenvalue weighted by molar-refractivity contribution is 0.0921. The Bertz CT molecular complexity index is 463. The Morgan fingerprint density at radius 3 is 2.04 bits per heavy atom. The van der Waals surface area contributed by atoms with Crippen LogP contribution in [0, 0.1) is 23.7 Å². The number of benzene rings is 1. The minimum atomic E-state index is 0.970. The number of aryl methyl sites for hydroxylation is 1. The molecule has 1 aromatic carbocycles. The Kier molecular flexibility index (Phi) is 6.02. The van der Waals surface area contributed by atoms with Gasteiger partial charge in [-0.05, 0) is 79.9 Å². The number of methoxy groups -OCH3 is 1. The summed E-state index contributed by atoms with van der Waals surface area (Å²) in [5, 5.41) is 0. The lowest BCUT2D eigenvalue weighted by Gasteiger charge is -2.42. The van der Waals surface area contributed by atoms with Crippen LogP contribution in [0.5, 0.6) is 5.75 Å². The van der Waals surface area contributed by atoms with Crippen LogP contribution in [0.1, 0.15) is 70.3 Å². The van der Waals surface area contributed by atoms with E-state index in [-0.39, 0.29) is 0 Å². The summed E-state index contributed by atoms with van der Waals surface area (Å²) in [7, 11) is 1.74. The van der Waals surface area contributed by atoms with Crippen molar-refractivity contribution >= 4 is 0 Å². The third-order valence-electron chi connectivity index (χ3n) is 6.53. The third kappa shape index (κ3) is 4.52. The number of rotatable bonds is 6. The first-order valence-electron chi connectivity index (χ1n) is 9.91.